The van der Waals surface area contributed by atoms with E-state index in [1.54, 1.807) is 0 Å². The van der Waals surface area contributed by atoms with Gasteiger partial charge in [-0.05, 0) is 24.5 Å². The molecule has 1 aromatic carbocycles. The summed E-state index contributed by atoms with van der Waals surface area (Å²) in [6.45, 7) is 6.08. The molecule has 1 atom stereocenters. The topological polar surface area (TPSA) is 25.1 Å². The van der Waals surface area contributed by atoms with Crippen LogP contribution in [0.25, 0.3) is 0 Å². The molecule has 3 nitrogen and oxygen atoms in total. The summed E-state index contributed by atoms with van der Waals surface area (Å²) in [5, 5.41) is 3.57. The van der Waals surface area contributed by atoms with Crippen LogP contribution in [-0.2, 0) is 18.2 Å². The molecule has 0 radical (unpaired) electrons. The third kappa shape index (κ3) is 6.06. The Morgan fingerprint density at radius 2 is 1.79 bits per heavy atom. The van der Waals surface area contributed by atoms with Crippen molar-refractivity contribution in [3.8, 4) is 0 Å². The van der Waals surface area contributed by atoms with Crippen molar-refractivity contribution in [2.45, 2.75) is 45.3 Å². The maximum atomic E-state index is 6.25. The Hall–Kier alpha value is -1.71. The standard InChI is InChI=1S/C21H31N2O/c1-4-20(5-2)22-13-15-24-21(16-18-10-7-6-8-11-18)19-12-9-14-23(3)17-19/h6-12,14,17,20-22H,4-5,13,15-16H2,1-3H3/q+1. The van der Waals surface area contributed by atoms with Crippen molar-refractivity contribution in [2.24, 2.45) is 7.05 Å². The maximum absolute atomic E-state index is 6.25. The van der Waals surface area contributed by atoms with Gasteiger partial charge >= 0.3 is 0 Å². The molecular formula is C21H31N2O+. The Bertz CT molecular complexity index is 581. The fraction of sp³-hybridized carbons (Fsp3) is 0.476. The van der Waals surface area contributed by atoms with Crippen molar-refractivity contribution >= 4 is 0 Å². The van der Waals surface area contributed by atoms with Crippen LogP contribution in [0.5, 0.6) is 0 Å². The summed E-state index contributed by atoms with van der Waals surface area (Å²) in [7, 11) is 2.05. The summed E-state index contributed by atoms with van der Waals surface area (Å²) in [4.78, 5) is 0. The van der Waals surface area contributed by atoms with Gasteiger partial charge in [-0.2, -0.15) is 0 Å². The predicted molar refractivity (Wildman–Crippen MR) is 98.8 cm³/mol. The van der Waals surface area contributed by atoms with E-state index in [0.29, 0.717) is 6.04 Å². The highest BCUT2D eigenvalue weighted by molar-refractivity contribution is 5.19. The number of nitrogens with one attached hydrogen (secondary N) is 1. The summed E-state index contributed by atoms with van der Waals surface area (Å²) in [5.41, 5.74) is 2.54. The Morgan fingerprint density at radius 3 is 2.46 bits per heavy atom. The molecule has 0 bridgehead atoms. The molecule has 0 amide bonds. The first kappa shape index (κ1) is 18.6. The summed E-state index contributed by atoms with van der Waals surface area (Å²) >= 11 is 0. The first-order chi connectivity index (χ1) is 11.7. The third-order valence-electron chi connectivity index (χ3n) is 4.44. The lowest BCUT2D eigenvalue weighted by Crippen LogP contribution is -2.32. The van der Waals surface area contributed by atoms with Crippen molar-refractivity contribution in [3.05, 3.63) is 66.0 Å². The number of hydrogen-bond donors (Lipinski definition) is 1. The highest BCUT2D eigenvalue weighted by atomic mass is 16.5. The van der Waals surface area contributed by atoms with Crippen LogP contribution in [0.2, 0.25) is 0 Å². The van der Waals surface area contributed by atoms with E-state index < -0.39 is 0 Å². The Labute approximate surface area is 146 Å². The van der Waals surface area contributed by atoms with E-state index in [4.69, 9.17) is 4.74 Å². The fourth-order valence-electron chi connectivity index (χ4n) is 2.94. The molecule has 1 N–H and O–H groups in total. The van der Waals surface area contributed by atoms with Crippen LogP contribution in [0.15, 0.2) is 54.9 Å². The number of pyridine rings is 1. The number of aryl methyl sites for hydroxylation is 1. The zero-order valence-corrected chi connectivity index (χ0v) is 15.2. The van der Waals surface area contributed by atoms with Crippen LogP contribution < -0.4 is 9.88 Å². The molecule has 24 heavy (non-hydrogen) atoms. The molecule has 130 valence electrons. The fourth-order valence-corrected chi connectivity index (χ4v) is 2.94. The molecule has 0 spiro atoms. The zero-order valence-electron chi connectivity index (χ0n) is 15.2. The molecule has 2 aromatic rings. The number of aromatic nitrogens is 1. The average Bonchev–Trinajstić information content (AvgIpc) is 2.61. The number of nitrogens with zero attached hydrogens (tertiary/aromatic N) is 1. The van der Waals surface area contributed by atoms with Gasteiger partial charge < -0.3 is 10.1 Å². The molecule has 1 heterocycles. The second-order valence-electron chi connectivity index (χ2n) is 6.32. The van der Waals surface area contributed by atoms with Crippen LogP contribution in [0, 0.1) is 0 Å². The van der Waals surface area contributed by atoms with Gasteiger partial charge in [-0.15, -0.1) is 0 Å². The largest absolute Gasteiger partial charge is 0.372 e. The average molecular weight is 327 g/mol. The number of benzene rings is 1. The second kappa shape index (κ2) is 10.2. The molecule has 0 fully saturated rings. The third-order valence-corrected chi connectivity index (χ3v) is 4.44. The van der Waals surface area contributed by atoms with Crippen LogP contribution >= 0.6 is 0 Å². The van der Waals surface area contributed by atoms with E-state index in [1.165, 1.54) is 24.0 Å². The summed E-state index contributed by atoms with van der Waals surface area (Å²) in [6, 6.07) is 15.4. The normalized spacial score (nSPS) is 12.5. The van der Waals surface area contributed by atoms with Crippen molar-refractivity contribution < 1.29 is 9.30 Å². The molecule has 0 aliphatic carbocycles. The highest BCUT2D eigenvalue weighted by Crippen LogP contribution is 2.21. The number of hydrogen-bond acceptors (Lipinski definition) is 2. The quantitative estimate of drug-likeness (QED) is 0.533. The first-order valence-electron chi connectivity index (χ1n) is 9.07. The van der Waals surface area contributed by atoms with Crippen molar-refractivity contribution in [3.63, 3.8) is 0 Å². The van der Waals surface area contributed by atoms with Crippen LogP contribution in [0.1, 0.15) is 43.9 Å². The molecule has 0 aliphatic heterocycles. The summed E-state index contributed by atoms with van der Waals surface area (Å²) in [5.74, 6) is 0. The Balaban J connectivity index is 1.98. The minimum absolute atomic E-state index is 0.0864. The minimum atomic E-state index is 0.0864. The van der Waals surface area contributed by atoms with Gasteiger partial charge in [0.1, 0.15) is 7.05 Å². The van der Waals surface area contributed by atoms with Gasteiger partial charge in [-0.25, -0.2) is 4.57 Å². The van der Waals surface area contributed by atoms with Gasteiger partial charge in [0.05, 0.1) is 12.7 Å². The van der Waals surface area contributed by atoms with E-state index >= 15 is 0 Å². The lowest BCUT2D eigenvalue weighted by Gasteiger charge is -2.19. The van der Waals surface area contributed by atoms with E-state index in [9.17, 15) is 0 Å². The SMILES string of the molecule is CCC(CC)NCCOC(Cc1ccccc1)c1ccc[n+](C)c1. The highest BCUT2D eigenvalue weighted by Gasteiger charge is 2.16. The van der Waals surface area contributed by atoms with Gasteiger partial charge in [0.2, 0.25) is 0 Å². The van der Waals surface area contributed by atoms with Crippen molar-refractivity contribution in [1.82, 2.24) is 5.32 Å². The molecule has 3 heteroatoms. The molecule has 2 rings (SSSR count). The van der Waals surface area contributed by atoms with Gasteiger partial charge in [0, 0.05) is 30.6 Å². The lowest BCUT2D eigenvalue weighted by atomic mass is 10.0. The molecule has 1 aromatic heterocycles. The summed E-state index contributed by atoms with van der Waals surface area (Å²) in [6.07, 6.45) is 7.52. The Morgan fingerprint density at radius 1 is 1.04 bits per heavy atom. The molecule has 0 saturated carbocycles. The van der Waals surface area contributed by atoms with E-state index in [0.717, 1.165) is 19.6 Å². The lowest BCUT2D eigenvalue weighted by molar-refractivity contribution is -0.672. The zero-order chi connectivity index (χ0) is 17.2. The molecular weight excluding hydrogens is 296 g/mol. The van der Waals surface area contributed by atoms with Crippen LogP contribution in [0.4, 0.5) is 0 Å². The predicted octanol–water partition coefficient (Wildman–Crippen LogP) is 3.59. The van der Waals surface area contributed by atoms with E-state index in [2.05, 4.69) is 85.6 Å². The van der Waals surface area contributed by atoms with E-state index in [-0.39, 0.29) is 6.10 Å². The molecule has 0 saturated heterocycles. The monoisotopic (exact) mass is 327 g/mol. The van der Waals surface area contributed by atoms with Gasteiger partial charge in [-0.1, -0.05) is 44.2 Å². The first-order valence-corrected chi connectivity index (χ1v) is 9.07. The van der Waals surface area contributed by atoms with Gasteiger partial charge in [-0.3, -0.25) is 0 Å². The summed E-state index contributed by atoms with van der Waals surface area (Å²) < 4.78 is 8.33. The van der Waals surface area contributed by atoms with Crippen LogP contribution in [0.3, 0.4) is 0 Å². The minimum Gasteiger partial charge on any atom is -0.372 e. The number of rotatable bonds is 10. The second-order valence-corrected chi connectivity index (χ2v) is 6.32. The maximum Gasteiger partial charge on any atom is 0.174 e. The number of ether oxygens (including phenoxy) is 1. The molecule has 1 unspecified atom stereocenters. The van der Waals surface area contributed by atoms with Gasteiger partial charge in [0.15, 0.2) is 12.4 Å². The van der Waals surface area contributed by atoms with E-state index in [1.807, 2.05) is 0 Å². The smallest absolute Gasteiger partial charge is 0.174 e. The van der Waals surface area contributed by atoms with Gasteiger partial charge in [0.25, 0.3) is 0 Å². The Kier molecular flexibility index (Phi) is 7.93. The van der Waals surface area contributed by atoms with Crippen molar-refractivity contribution in [1.29, 1.82) is 0 Å². The van der Waals surface area contributed by atoms with Crippen molar-refractivity contribution in [2.75, 3.05) is 13.2 Å². The van der Waals surface area contributed by atoms with Crippen LogP contribution in [-0.4, -0.2) is 19.2 Å². The molecule has 0 aliphatic rings.